The van der Waals surface area contributed by atoms with Crippen LogP contribution in [0.1, 0.15) is 41.7 Å². The number of nitrogens with one attached hydrogen (secondary N) is 1. The highest BCUT2D eigenvalue weighted by Gasteiger charge is 2.29. The van der Waals surface area contributed by atoms with Gasteiger partial charge in [0.25, 0.3) is 0 Å². The molecule has 0 radical (unpaired) electrons. The van der Waals surface area contributed by atoms with Crippen LogP contribution >= 0.6 is 0 Å². The Bertz CT molecular complexity index is 1090. The molecule has 0 aliphatic heterocycles. The summed E-state index contributed by atoms with van der Waals surface area (Å²) in [5.41, 5.74) is 2.89. The van der Waals surface area contributed by atoms with Crippen molar-refractivity contribution >= 4 is 28.3 Å². The third-order valence-corrected chi connectivity index (χ3v) is 5.04. The summed E-state index contributed by atoms with van der Waals surface area (Å²) in [5.74, 6) is 0.608. The molecule has 4 rings (SSSR count). The van der Waals surface area contributed by atoms with Gasteiger partial charge in [0, 0.05) is 53.9 Å². The van der Waals surface area contributed by atoms with Gasteiger partial charge in [-0.1, -0.05) is 0 Å². The molecule has 0 spiro atoms. The van der Waals surface area contributed by atoms with Gasteiger partial charge in [-0.3, -0.25) is 19.6 Å². The van der Waals surface area contributed by atoms with Crippen molar-refractivity contribution in [2.45, 2.75) is 32.6 Å². The van der Waals surface area contributed by atoms with Crippen molar-refractivity contribution in [2.75, 3.05) is 11.9 Å². The number of fused-ring (bicyclic) bond motifs is 1. The Kier molecular flexibility index (Phi) is 5.31. The summed E-state index contributed by atoms with van der Waals surface area (Å²) in [6, 6.07) is 5.50. The van der Waals surface area contributed by atoms with Crippen LogP contribution in [0, 0.1) is 12.8 Å². The molecule has 3 heterocycles. The molecule has 0 saturated heterocycles. The largest absolute Gasteiger partial charge is 0.396 e. The molecule has 0 unspecified atom stereocenters. The Morgan fingerprint density at radius 2 is 1.83 bits per heavy atom. The van der Waals surface area contributed by atoms with Gasteiger partial charge < -0.3 is 10.4 Å². The van der Waals surface area contributed by atoms with Gasteiger partial charge in [0.05, 0.1) is 5.69 Å². The van der Waals surface area contributed by atoms with E-state index in [9.17, 15) is 9.59 Å². The lowest BCUT2D eigenvalue weighted by Gasteiger charge is -2.09. The van der Waals surface area contributed by atoms with Gasteiger partial charge >= 0.3 is 0 Å². The lowest BCUT2D eigenvalue weighted by Crippen LogP contribution is -2.14. The fourth-order valence-corrected chi connectivity index (χ4v) is 3.17. The molecule has 7 heteroatoms. The summed E-state index contributed by atoms with van der Waals surface area (Å²) in [6.45, 7) is 1.91. The van der Waals surface area contributed by atoms with Crippen molar-refractivity contribution in [3.63, 3.8) is 0 Å². The standard InChI is InChI=1S/C22H22N4O3/c1-13-7-19(20(28)3-2-6-27)24-12-17(13)18-8-15-11-25-21(9-16(15)10-23-18)26-22(29)14-4-5-14/h7-12,14,27H,2-6H2,1H3,(H,25,26,29). The van der Waals surface area contributed by atoms with Crippen LogP contribution in [0.15, 0.2) is 36.8 Å². The minimum absolute atomic E-state index is 0.0101. The molecule has 0 aromatic carbocycles. The zero-order valence-corrected chi connectivity index (χ0v) is 16.2. The van der Waals surface area contributed by atoms with Gasteiger partial charge in [0.1, 0.15) is 11.5 Å². The minimum atomic E-state index is -0.0786. The number of nitrogens with zero attached hydrogens (tertiary/aromatic N) is 3. The highest BCUT2D eigenvalue weighted by atomic mass is 16.3. The smallest absolute Gasteiger partial charge is 0.228 e. The van der Waals surface area contributed by atoms with E-state index < -0.39 is 0 Å². The van der Waals surface area contributed by atoms with Crippen molar-refractivity contribution < 1.29 is 14.7 Å². The van der Waals surface area contributed by atoms with Crippen LogP contribution in [0.5, 0.6) is 0 Å². The summed E-state index contributed by atoms with van der Waals surface area (Å²) < 4.78 is 0. The van der Waals surface area contributed by atoms with E-state index in [1.165, 1.54) is 0 Å². The quantitative estimate of drug-likeness (QED) is 0.600. The molecule has 1 fully saturated rings. The number of ketones is 1. The average molecular weight is 390 g/mol. The first kappa shape index (κ1) is 19.1. The first-order valence-corrected chi connectivity index (χ1v) is 9.73. The summed E-state index contributed by atoms with van der Waals surface area (Å²) in [5, 5.41) is 13.5. The second-order valence-electron chi connectivity index (χ2n) is 7.38. The van der Waals surface area contributed by atoms with Crippen molar-refractivity contribution in [1.29, 1.82) is 0 Å². The highest BCUT2D eigenvalue weighted by molar-refractivity contribution is 5.96. The summed E-state index contributed by atoms with van der Waals surface area (Å²) in [7, 11) is 0. The number of Topliss-reactive ketones (excluding diaryl/α,β-unsaturated/α-hetero) is 1. The molecular weight excluding hydrogens is 368 g/mol. The van der Waals surface area contributed by atoms with E-state index in [0.29, 0.717) is 17.9 Å². The van der Waals surface area contributed by atoms with Gasteiger partial charge in [0.15, 0.2) is 5.78 Å². The molecule has 2 N–H and O–H groups in total. The van der Waals surface area contributed by atoms with Gasteiger partial charge in [-0.25, -0.2) is 4.98 Å². The number of carbonyl (C=O) groups excluding carboxylic acids is 2. The Balaban J connectivity index is 1.57. The van der Waals surface area contributed by atoms with Gasteiger partial charge in [-0.15, -0.1) is 0 Å². The predicted octanol–water partition coefficient (Wildman–Crippen LogP) is 3.30. The third-order valence-electron chi connectivity index (χ3n) is 5.04. The maximum atomic E-state index is 12.1. The number of hydrogen-bond acceptors (Lipinski definition) is 6. The fourth-order valence-electron chi connectivity index (χ4n) is 3.17. The molecule has 1 aliphatic rings. The fraction of sp³-hybridized carbons (Fsp3) is 0.318. The molecule has 29 heavy (non-hydrogen) atoms. The molecular formula is C22H22N4O3. The lowest BCUT2D eigenvalue weighted by molar-refractivity contribution is -0.117. The molecule has 1 aliphatic carbocycles. The lowest BCUT2D eigenvalue weighted by atomic mass is 10.0. The van der Waals surface area contributed by atoms with Gasteiger partial charge in [-0.2, -0.15) is 0 Å². The van der Waals surface area contributed by atoms with Crippen molar-refractivity contribution in [2.24, 2.45) is 5.92 Å². The molecule has 3 aromatic heterocycles. The number of aliphatic hydroxyl groups excluding tert-OH is 1. The van der Waals surface area contributed by atoms with Crippen LogP contribution in [-0.4, -0.2) is 38.4 Å². The normalized spacial score (nSPS) is 13.4. The molecule has 1 saturated carbocycles. The number of aromatic nitrogens is 3. The summed E-state index contributed by atoms with van der Waals surface area (Å²) in [4.78, 5) is 37.2. The molecule has 3 aromatic rings. The highest BCUT2D eigenvalue weighted by Crippen LogP contribution is 2.30. The number of anilines is 1. The monoisotopic (exact) mass is 390 g/mol. The van der Waals surface area contributed by atoms with E-state index >= 15 is 0 Å². The topological polar surface area (TPSA) is 105 Å². The zero-order chi connectivity index (χ0) is 20.4. The number of rotatable bonds is 7. The maximum Gasteiger partial charge on any atom is 0.228 e. The first-order valence-electron chi connectivity index (χ1n) is 9.73. The van der Waals surface area contributed by atoms with Crippen LogP contribution in [0.25, 0.3) is 22.0 Å². The van der Waals surface area contributed by atoms with E-state index in [1.807, 2.05) is 19.1 Å². The second-order valence-corrected chi connectivity index (χ2v) is 7.38. The SMILES string of the molecule is Cc1cc(C(=O)CCCO)ncc1-c1cc2cnc(NC(=O)C3CC3)cc2cn1. The van der Waals surface area contributed by atoms with Crippen LogP contribution in [0.3, 0.4) is 0 Å². The Morgan fingerprint density at radius 1 is 1.07 bits per heavy atom. The summed E-state index contributed by atoms with van der Waals surface area (Å²) >= 11 is 0. The van der Waals surface area contributed by atoms with Crippen LogP contribution in [0.2, 0.25) is 0 Å². The van der Waals surface area contributed by atoms with E-state index in [1.54, 1.807) is 24.7 Å². The number of pyridine rings is 3. The number of aryl methyl sites for hydroxylation is 1. The van der Waals surface area contributed by atoms with Gasteiger partial charge in [0.2, 0.25) is 5.91 Å². The van der Waals surface area contributed by atoms with E-state index in [-0.39, 0.29) is 30.6 Å². The van der Waals surface area contributed by atoms with Crippen LogP contribution in [0.4, 0.5) is 5.82 Å². The molecule has 7 nitrogen and oxygen atoms in total. The summed E-state index contributed by atoms with van der Waals surface area (Å²) in [6.07, 6.45) is 7.74. The molecule has 0 bridgehead atoms. The van der Waals surface area contributed by atoms with Crippen molar-refractivity contribution in [1.82, 2.24) is 15.0 Å². The zero-order valence-electron chi connectivity index (χ0n) is 16.2. The first-order chi connectivity index (χ1) is 14.0. The average Bonchev–Trinajstić information content (AvgIpc) is 3.57. The number of carbonyl (C=O) groups is 2. The van der Waals surface area contributed by atoms with Crippen LogP contribution in [-0.2, 0) is 4.79 Å². The number of aliphatic hydroxyl groups is 1. The molecule has 0 atom stereocenters. The Hall–Kier alpha value is -3.19. The third kappa shape index (κ3) is 4.30. The van der Waals surface area contributed by atoms with Crippen molar-refractivity contribution in [3.05, 3.63) is 48.0 Å². The second kappa shape index (κ2) is 8.05. The minimum Gasteiger partial charge on any atom is -0.396 e. The Morgan fingerprint density at radius 3 is 2.55 bits per heavy atom. The van der Waals surface area contributed by atoms with E-state index in [0.717, 1.165) is 40.4 Å². The molecule has 1 amide bonds. The van der Waals surface area contributed by atoms with Crippen molar-refractivity contribution in [3.8, 4) is 11.3 Å². The van der Waals surface area contributed by atoms with Crippen LogP contribution < -0.4 is 5.32 Å². The maximum absolute atomic E-state index is 12.1. The number of hydrogen-bond donors (Lipinski definition) is 2. The Labute approximate surface area is 168 Å². The number of amides is 1. The van der Waals surface area contributed by atoms with Gasteiger partial charge in [-0.05, 0) is 49.9 Å². The van der Waals surface area contributed by atoms with E-state index in [2.05, 4.69) is 20.3 Å². The molecule has 148 valence electrons. The van der Waals surface area contributed by atoms with E-state index in [4.69, 9.17) is 5.11 Å². The predicted molar refractivity (Wildman–Crippen MR) is 110 cm³/mol.